The Balaban J connectivity index is 1.89. The Hall–Kier alpha value is -3.51. The molecule has 3 rings (SSSR count). The number of carbonyl (C=O) groups is 2. The molecule has 0 radical (unpaired) electrons. The first-order valence-corrected chi connectivity index (χ1v) is 13.9. The lowest BCUT2D eigenvalue weighted by molar-refractivity contribution is -0.120. The Labute approximate surface area is 213 Å². The summed E-state index contributed by atoms with van der Waals surface area (Å²) in [5, 5.41) is 4.67. The molecule has 3 aromatic rings. The maximum absolute atomic E-state index is 14.7. The van der Waals surface area contributed by atoms with Gasteiger partial charge in [-0.1, -0.05) is 24.3 Å². The van der Waals surface area contributed by atoms with Gasteiger partial charge in [-0.3, -0.25) is 14.4 Å². The average Bonchev–Trinajstić information content (AvgIpc) is 3.25. The van der Waals surface area contributed by atoms with Gasteiger partial charge < -0.3 is 19.5 Å². The Morgan fingerprint density at radius 1 is 1.11 bits per heavy atom. The summed E-state index contributed by atoms with van der Waals surface area (Å²) in [5.41, 5.74) is 0.532. The molecular weight excluding hydrogens is 511 g/mol. The van der Waals surface area contributed by atoms with Crippen LogP contribution in [-0.2, 0) is 16.1 Å². The number of H-pyrrole nitrogens is 1. The number of aromatic amines is 1. The maximum atomic E-state index is 14.7. The highest BCUT2D eigenvalue weighted by Crippen LogP contribution is 2.46. The lowest BCUT2D eigenvalue weighted by Crippen LogP contribution is -2.38. The number of benzene rings is 2. The molecule has 0 aliphatic carbocycles. The Morgan fingerprint density at radius 3 is 2.32 bits per heavy atom. The monoisotopic (exact) mass is 539 g/mol. The van der Waals surface area contributed by atoms with Crippen LogP contribution in [0, 0.1) is 5.82 Å². The minimum atomic E-state index is -2.59. The number of nitrogens with one attached hydrogen (secondary N) is 2. The van der Waals surface area contributed by atoms with Crippen LogP contribution < -0.4 is 10.9 Å². The van der Waals surface area contributed by atoms with E-state index in [1.54, 1.807) is 36.4 Å². The summed E-state index contributed by atoms with van der Waals surface area (Å²) in [6, 6.07) is 10.4. The fourth-order valence-electron chi connectivity index (χ4n) is 3.58. The van der Waals surface area contributed by atoms with E-state index >= 15 is 0 Å². The van der Waals surface area contributed by atoms with Gasteiger partial charge in [0.2, 0.25) is 5.76 Å². The Morgan fingerprint density at radius 2 is 1.78 bits per heavy atom. The second-order valence-corrected chi connectivity index (χ2v) is 13.1. The molecule has 1 atom stereocenters. The summed E-state index contributed by atoms with van der Waals surface area (Å²) < 4.78 is 49.2. The molecule has 2 N–H and O–H groups in total. The van der Waals surface area contributed by atoms with E-state index in [1.165, 1.54) is 13.1 Å². The molecule has 8 nitrogen and oxygen atoms in total. The Kier molecular flexibility index (Phi) is 8.87. The number of halogens is 3. The second kappa shape index (κ2) is 11.7. The van der Waals surface area contributed by atoms with E-state index in [4.69, 9.17) is 9.26 Å². The summed E-state index contributed by atoms with van der Waals surface area (Å²) in [4.78, 5) is 39.4. The number of alkyl halides is 2. The molecule has 200 valence electrons. The predicted molar refractivity (Wildman–Crippen MR) is 135 cm³/mol. The van der Waals surface area contributed by atoms with Crippen molar-refractivity contribution in [3.05, 3.63) is 81.6 Å². The molecule has 1 unspecified atom stereocenters. The number of amides is 2. The second-order valence-electron chi connectivity index (χ2n) is 9.01. The van der Waals surface area contributed by atoms with E-state index in [1.807, 2.05) is 23.9 Å². The van der Waals surface area contributed by atoms with Crippen molar-refractivity contribution in [2.24, 2.45) is 0 Å². The molecule has 0 aliphatic rings. The number of carbonyl (C=O) groups excluding carboxylic acids is 2. The van der Waals surface area contributed by atoms with Gasteiger partial charge in [0, 0.05) is 17.6 Å². The van der Waals surface area contributed by atoms with Crippen LogP contribution in [0.15, 0.2) is 62.7 Å². The van der Waals surface area contributed by atoms with Crippen LogP contribution in [0.2, 0.25) is 0 Å². The van der Waals surface area contributed by atoms with Gasteiger partial charge in [-0.05, 0) is 48.1 Å². The number of likely N-dealkylation sites (N-methyl/N-ethyl adjacent to an activating group) is 1. The normalized spacial score (nSPS) is 12.9. The molecule has 37 heavy (non-hydrogen) atoms. The van der Waals surface area contributed by atoms with Gasteiger partial charge in [0.25, 0.3) is 23.8 Å². The van der Waals surface area contributed by atoms with Crippen LogP contribution in [0.5, 0.6) is 0 Å². The molecule has 12 heteroatoms. The summed E-state index contributed by atoms with van der Waals surface area (Å²) >= 11 is 0. The Bertz CT molecular complexity index is 1300. The van der Waals surface area contributed by atoms with Gasteiger partial charge >= 0.3 is 0 Å². The van der Waals surface area contributed by atoms with Crippen LogP contribution in [0.1, 0.15) is 27.7 Å². The van der Waals surface area contributed by atoms with Crippen LogP contribution >= 0.6 is 10.0 Å². The van der Waals surface area contributed by atoms with Crippen molar-refractivity contribution < 1.29 is 32.0 Å². The third-order valence-electron chi connectivity index (χ3n) is 5.36. The van der Waals surface area contributed by atoms with Gasteiger partial charge in [0.1, 0.15) is 18.5 Å². The minimum absolute atomic E-state index is 0.0633. The first-order valence-electron chi connectivity index (χ1n) is 11.1. The van der Waals surface area contributed by atoms with E-state index < -0.39 is 52.3 Å². The van der Waals surface area contributed by atoms with Gasteiger partial charge in [-0.2, -0.15) is 5.16 Å². The maximum Gasteiger partial charge on any atom is 0.293 e. The first kappa shape index (κ1) is 28.1. The lowest BCUT2D eigenvalue weighted by Gasteiger charge is -2.28. The summed E-state index contributed by atoms with van der Waals surface area (Å²) in [7, 11) is 0.0146. The lowest BCUT2D eigenvalue weighted by atomic mass is 10.0. The zero-order valence-electron chi connectivity index (χ0n) is 20.7. The van der Waals surface area contributed by atoms with Crippen LogP contribution in [0.3, 0.4) is 0 Å². The van der Waals surface area contributed by atoms with Gasteiger partial charge in [0.15, 0.2) is 0 Å². The molecule has 0 saturated carbocycles. The van der Waals surface area contributed by atoms with Crippen molar-refractivity contribution >= 4 is 27.5 Å². The number of nitrogens with zero attached hydrogens (tertiary/aromatic N) is 1. The molecule has 2 aromatic carbocycles. The topological polar surface area (TPSA) is 105 Å². The molecule has 2 amide bonds. The van der Waals surface area contributed by atoms with Crippen LogP contribution in [0.4, 0.5) is 18.9 Å². The van der Waals surface area contributed by atoms with E-state index in [2.05, 4.69) is 5.32 Å². The molecule has 0 saturated heterocycles. The molecule has 0 bridgehead atoms. The highest BCUT2D eigenvalue weighted by atomic mass is 32.3. The third-order valence-corrected chi connectivity index (χ3v) is 7.01. The van der Waals surface area contributed by atoms with Crippen molar-refractivity contribution in [2.45, 2.75) is 24.0 Å². The average molecular weight is 540 g/mol. The fourth-order valence-corrected chi connectivity index (χ4v) is 4.70. The van der Waals surface area contributed by atoms with E-state index in [-0.39, 0.29) is 18.1 Å². The smallest absolute Gasteiger partial charge is 0.293 e. The summed E-state index contributed by atoms with van der Waals surface area (Å²) in [5.74, 6) is -2.15. The van der Waals surface area contributed by atoms with Crippen molar-refractivity contribution in [1.29, 1.82) is 0 Å². The standard InChI is InChI=1S/C25H28F3N3O5S/c1-31(25(34)19-12-22(32)30-36-19)23(16-7-5-15(6-8-16)13-35-14-21(27)28)24(33)29-17-9-10-20(18(26)11-17)37(2,3)4/h5-12,21,23H,13-14H2,1-4H3,(H,29,33)(H,30,32). The number of aromatic nitrogens is 1. The highest BCUT2D eigenvalue weighted by molar-refractivity contribution is 8.32. The molecule has 0 fully saturated rings. The number of rotatable bonds is 10. The van der Waals surface area contributed by atoms with Crippen molar-refractivity contribution in [1.82, 2.24) is 10.1 Å². The SMILES string of the molecule is CN(C(=O)c1cc(=O)[nH]o1)C(C(=O)Nc1ccc(S(C)(C)C)c(F)c1)c1ccc(COCC(F)F)cc1. The summed E-state index contributed by atoms with van der Waals surface area (Å²) in [6.45, 7) is -0.774. The number of hydrogen-bond acceptors (Lipinski definition) is 5. The highest BCUT2D eigenvalue weighted by Gasteiger charge is 2.31. The first-order chi connectivity index (χ1) is 17.4. The minimum Gasteiger partial charge on any atom is -0.373 e. The van der Waals surface area contributed by atoms with E-state index in [9.17, 15) is 27.6 Å². The van der Waals surface area contributed by atoms with Crippen molar-refractivity contribution in [3.8, 4) is 0 Å². The van der Waals surface area contributed by atoms with Crippen molar-refractivity contribution in [2.75, 3.05) is 37.7 Å². The summed E-state index contributed by atoms with van der Waals surface area (Å²) in [6.07, 6.45) is 3.25. The van der Waals surface area contributed by atoms with E-state index in [0.29, 0.717) is 16.0 Å². The zero-order chi connectivity index (χ0) is 27.3. The molecule has 0 spiro atoms. The fraction of sp³-hybridized carbons (Fsp3) is 0.320. The van der Waals surface area contributed by atoms with Gasteiger partial charge in [-0.25, -0.2) is 23.2 Å². The number of ether oxygens (including phenoxy) is 1. The number of anilines is 1. The zero-order valence-corrected chi connectivity index (χ0v) is 21.5. The molecule has 1 aromatic heterocycles. The van der Waals surface area contributed by atoms with Crippen LogP contribution in [0.25, 0.3) is 0 Å². The quantitative estimate of drug-likeness (QED) is 0.398. The molecule has 1 heterocycles. The van der Waals surface area contributed by atoms with Gasteiger partial charge in [0.05, 0.1) is 12.7 Å². The largest absolute Gasteiger partial charge is 0.373 e. The van der Waals surface area contributed by atoms with Crippen LogP contribution in [-0.4, -0.2) is 60.7 Å². The molecular formula is C25H28F3N3O5S. The van der Waals surface area contributed by atoms with Gasteiger partial charge in [-0.15, -0.1) is 0 Å². The number of hydrogen-bond donors (Lipinski definition) is 2. The predicted octanol–water partition coefficient (Wildman–Crippen LogP) is 4.39. The molecule has 0 aliphatic heterocycles. The third kappa shape index (κ3) is 7.26. The van der Waals surface area contributed by atoms with E-state index in [0.717, 1.165) is 11.0 Å². The van der Waals surface area contributed by atoms with Crippen molar-refractivity contribution in [3.63, 3.8) is 0 Å².